The van der Waals surface area contributed by atoms with Crippen molar-refractivity contribution in [2.75, 3.05) is 18.4 Å². The number of anilines is 1. The van der Waals surface area contributed by atoms with Gasteiger partial charge < -0.3 is 9.42 Å². The van der Waals surface area contributed by atoms with Gasteiger partial charge in [0.2, 0.25) is 15.3 Å². The van der Waals surface area contributed by atoms with E-state index in [2.05, 4.69) is 20.1 Å². The topological polar surface area (TPSA) is 110 Å². The van der Waals surface area contributed by atoms with Crippen molar-refractivity contribution < 1.29 is 30.9 Å². The Bertz CT molecular complexity index is 924. The molecule has 2 aromatic heterocycles. The molecule has 0 bridgehead atoms. The van der Waals surface area contributed by atoms with E-state index in [0.29, 0.717) is 0 Å². The maximum atomic E-state index is 14.8. The molecule has 0 saturated carbocycles. The van der Waals surface area contributed by atoms with Gasteiger partial charge in [-0.2, -0.15) is 5.10 Å². The van der Waals surface area contributed by atoms with E-state index in [-0.39, 0.29) is 31.7 Å². The zero-order valence-electron chi connectivity index (χ0n) is 14.8. The Morgan fingerprint density at radius 1 is 1.32 bits per heavy atom. The SMILES string of the molecule is Cn1cc(S(=O)(=O)[C@@H](F)C2CCN(C(=O)Nc3ccon3)CC2)c(C(F)F)n1. The number of alkyl halides is 3. The summed E-state index contributed by atoms with van der Waals surface area (Å²) < 4.78 is 71.5. The average Bonchev–Trinajstić information content (AvgIpc) is 3.31. The second-order valence-corrected chi connectivity index (χ2v) is 8.37. The van der Waals surface area contributed by atoms with Crippen molar-refractivity contribution in [3.05, 3.63) is 24.2 Å². The van der Waals surface area contributed by atoms with Crippen molar-refractivity contribution in [1.29, 1.82) is 0 Å². The number of sulfone groups is 1. The molecule has 3 heterocycles. The van der Waals surface area contributed by atoms with Gasteiger partial charge in [0.25, 0.3) is 6.43 Å². The van der Waals surface area contributed by atoms with Crippen LogP contribution in [0.15, 0.2) is 27.9 Å². The highest BCUT2D eigenvalue weighted by Crippen LogP contribution is 2.33. The molecular weight excluding hydrogens is 403 g/mol. The van der Waals surface area contributed by atoms with Crippen molar-refractivity contribution in [3.63, 3.8) is 0 Å². The van der Waals surface area contributed by atoms with Gasteiger partial charge in [-0.1, -0.05) is 5.16 Å². The van der Waals surface area contributed by atoms with Crippen LogP contribution in [-0.2, 0) is 16.9 Å². The highest BCUT2D eigenvalue weighted by molar-refractivity contribution is 7.92. The molecule has 0 spiro atoms. The lowest BCUT2D eigenvalue weighted by atomic mass is 9.98. The molecule has 2 aromatic rings. The van der Waals surface area contributed by atoms with Gasteiger partial charge in [-0.25, -0.2) is 26.4 Å². The van der Waals surface area contributed by atoms with Gasteiger partial charge in [0.1, 0.15) is 16.9 Å². The van der Waals surface area contributed by atoms with Crippen molar-refractivity contribution in [1.82, 2.24) is 19.8 Å². The van der Waals surface area contributed by atoms with E-state index in [9.17, 15) is 26.4 Å². The van der Waals surface area contributed by atoms with E-state index in [4.69, 9.17) is 0 Å². The third-order valence-corrected chi connectivity index (χ3v) is 6.41. The van der Waals surface area contributed by atoms with Crippen LogP contribution in [0.5, 0.6) is 0 Å². The molecule has 9 nitrogen and oxygen atoms in total. The quantitative estimate of drug-likeness (QED) is 0.794. The number of hydrogen-bond acceptors (Lipinski definition) is 6. The molecule has 154 valence electrons. The lowest BCUT2D eigenvalue weighted by molar-refractivity contribution is 0.141. The van der Waals surface area contributed by atoms with Crippen molar-refractivity contribution in [2.45, 2.75) is 29.7 Å². The summed E-state index contributed by atoms with van der Waals surface area (Å²) in [4.78, 5) is 12.7. The highest BCUT2D eigenvalue weighted by Gasteiger charge is 2.40. The number of nitrogens with one attached hydrogen (secondary N) is 1. The Morgan fingerprint density at radius 3 is 2.57 bits per heavy atom. The molecular formula is C15H18F3N5O4S. The van der Waals surface area contributed by atoms with E-state index in [0.717, 1.165) is 10.9 Å². The molecule has 3 rings (SSSR count). The first-order chi connectivity index (χ1) is 13.2. The Morgan fingerprint density at radius 2 is 2.00 bits per heavy atom. The smallest absolute Gasteiger partial charge is 0.323 e. The summed E-state index contributed by atoms with van der Waals surface area (Å²) in [5, 5.41) is 9.45. The number of rotatable bonds is 5. The number of likely N-dealkylation sites (tertiary alicyclic amines) is 1. The van der Waals surface area contributed by atoms with Crippen molar-refractivity contribution in [3.8, 4) is 0 Å². The zero-order valence-corrected chi connectivity index (χ0v) is 15.6. The van der Waals surface area contributed by atoms with Crippen molar-refractivity contribution in [2.24, 2.45) is 13.0 Å². The summed E-state index contributed by atoms with van der Waals surface area (Å²) in [6.45, 7) is 0.220. The van der Waals surface area contributed by atoms with E-state index >= 15 is 0 Å². The van der Waals surface area contributed by atoms with E-state index in [1.807, 2.05) is 0 Å². The largest absolute Gasteiger partial charge is 0.363 e. The fourth-order valence-electron chi connectivity index (χ4n) is 3.06. The number of hydrogen-bond donors (Lipinski definition) is 1. The summed E-state index contributed by atoms with van der Waals surface area (Å²) >= 11 is 0. The lowest BCUT2D eigenvalue weighted by Crippen LogP contribution is -2.43. The van der Waals surface area contributed by atoms with Crippen LogP contribution in [0, 0.1) is 5.92 Å². The number of nitrogens with zero attached hydrogens (tertiary/aromatic N) is 4. The molecule has 1 fully saturated rings. The van der Waals surface area contributed by atoms with Crippen LogP contribution >= 0.6 is 0 Å². The monoisotopic (exact) mass is 421 g/mol. The first-order valence-corrected chi connectivity index (χ1v) is 9.90. The predicted molar refractivity (Wildman–Crippen MR) is 90.1 cm³/mol. The Balaban J connectivity index is 1.66. The average molecular weight is 421 g/mol. The van der Waals surface area contributed by atoms with E-state index in [1.54, 1.807) is 0 Å². The number of carbonyl (C=O) groups excluding carboxylic acids is 1. The number of aromatic nitrogens is 3. The molecule has 1 N–H and O–H groups in total. The second-order valence-electron chi connectivity index (χ2n) is 6.39. The minimum atomic E-state index is -4.64. The number of amides is 2. The fraction of sp³-hybridized carbons (Fsp3) is 0.533. The zero-order chi connectivity index (χ0) is 20.5. The maximum absolute atomic E-state index is 14.8. The molecule has 13 heteroatoms. The Hall–Kier alpha value is -2.57. The maximum Gasteiger partial charge on any atom is 0.323 e. The molecule has 1 aliphatic heterocycles. The minimum absolute atomic E-state index is 0.0664. The van der Waals surface area contributed by atoms with Crippen LogP contribution in [0.1, 0.15) is 25.0 Å². The normalized spacial score (nSPS) is 17.1. The number of halogens is 3. The van der Waals surface area contributed by atoms with E-state index in [1.165, 1.54) is 24.3 Å². The first-order valence-electron chi connectivity index (χ1n) is 8.36. The highest BCUT2D eigenvalue weighted by atomic mass is 32.2. The summed E-state index contributed by atoms with van der Waals surface area (Å²) in [7, 11) is -3.36. The molecule has 0 aliphatic carbocycles. The molecule has 0 radical (unpaired) electrons. The minimum Gasteiger partial charge on any atom is -0.363 e. The number of piperidine rings is 1. The fourth-order valence-corrected chi connectivity index (χ4v) is 4.80. The second kappa shape index (κ2) is 7.81. The first kappa shape index (κ1) is 20.2. The molecule has 1 atom stereocenters. The summed E-state index contributed by atoms with van der Waals surface area (Å²) in [6.07, 6.45) is -0.843. The number of aryl methyl sites for hydroxylation is 1. The van der Waals surface area contributed by atoms with Gasteiger partial charge in [0, 0.05) is 38.3 Å². The molecule has 2 amide bonds. The van der Waals surface area contributed by atoms with Gasteiger partial charge in [0.15, 0.2) is 5.82 Å². The van der Waals surface area contributed by atoms with Crippen LogP contribution < -0.4 is 5.32 Å². The van der Waals surface area contributed by atoms with Gasteiger partial charge >= 0.3 is 6.03 Å². The lowest BCUT2D eigenvalue weighted by Gasteiger charge is -2.32. The third kappa shape index (κ3) is 3.98. The summed E-state index contributed by atoms with van der Waals surface area (Å²) in [5.41, 5.74) is -3.33. The molecule has 1 saturated heterocycles. The number of carbonyl (C=O) groups is 1. The Kier molecular flexibility index (Phi) is 5.63. The molecule has 1 aliphatic rings. The number of urea groups is 1. The summed E-state index contributed by atoms with van der Waals surface area (Å²) in [5.74, 6) is -0.707. The predicted octanol–water partition coefficient (Wildman–Crippen LogP) is 2.36. The molecule has 0 aromatic carbocycles. The van der Waals surface area contributed by atoms with Crippen LogP contribution in [0.4, 0.5) is 23.8 Å². The van der Waals surface area contributed by atoms with Gasteiger partial charge in [0.05, 0.1) is 0 Å². The van der Waals surface area contributed by atoms with Crippen LogP contribution in [0.3, 0.4) is 0 Å². The molecule has 0 unspecified atom stereocenters. The summed E-state index contributed by atoms with van der Waals surface area (Å²) in [6, 6.07) is 0.974. The van der Waals surface area contributed by atoms with E-state index < -0.39 is 44.3 Å². The van der Waals surface area contributed by atoms with Gasteiger partial charge in [-0.05, 0) is 12.8 Å². The van der Waals surface area contributed by atoms with Crippen LogP contribution in [0.25, 0.3) is 0 Å². The Labute approximate surface area is 158 Å². The standard InChI is InChI=1S/C15H18F3N5O4S/c1-22-8-10(12(20-22)13(16)17)28(25,26)14(18)9-2-5-23(6-3-9)15(24)19-11-4-7-27-21-11/h4,7-9,13-14H,2-3,5-6H2,1H3,(H,19,21,24)/t14-/m1/s1. The van der Waals surface area contributed by atoms with Gasteiger partial charge in [-0.3, -0.25) is 10.00 Å². The van der Waals surface area contributed by atoms with Gasteiger partial charge in [-0.15, -0.1) is 0 Å². The third-order valence-electron chi connectivity index (χ3n) is 4.50. The molecule has 28 heavy (non-hydrogen) atoms. The van der Waals surface area contributed by atoms with Crippen LogP contribution in [0.2, 0.25) is 0 Å². The van der Waals surface area contributed by atoms with Crippen molar-refractivity contribution >= 4 is 21.7 Å². The van der Waals surface area contributed by atoms with Crippen LogP contribution in [-0.4, -0.2) is 52.9 Å².